The van der Waals surface area contributed by atoms with E-state index < -0.39 is 16.9 Å². The molecular weight excluding hydrogens is 466 g/mol. The maximum atomic E-state index is 14.4. The molecule has 0 fully saturated rings. The van der Waals surface area contributed by atoms with Crippen LogP contribution in [0.3, 0.4) is 0 Å². The monoisotopic (exact) mass is 481 g/mol. The quantitative estimate of drug-likeness (QED) is 0.426. The van der Waals surface area contributed by atoms with Crippen LogP contribution in [-0.2, 0) is 16.8 Å². The molecule has 1 amide bonds. The molecule has 0 saturated heterocycles. The van der Waals surface area contributed by atoms with E-state index in [0.717, 1.165) is 5.56 Å². The summed E-state index contributed by atoms with van der Waals surface area (Å²) in [7, 11) is 0. The summed E-state index contributed by atoms with van der Waals surface area (Å²) in [6, 6.07) is 23.0. The number of carbonyl (C=O) groups is 1. The Morgan fingerprint density at radius 2 is 1.71 bits per heavy atom. The minimum Gasteiger partial charge on any atom is -0.439 e. The minimum absolute atomic E-state index is 0.0574. The van der Waals surface area contributed by atoms with Crippen LogP contribution >= 0.6 is 11.6 Å². The van der Waals surface area contributed by atoms with E-state index >= 15 is 0 Å². The van der Waals surface area contributed by atoms with Gasteiger partial charge < -0.3 is 19.8 Å². The fourth-order valence-corrected chi connectivity index (χ4v) is 5.15. The van der Waals surface area contributed by atoms with Gasteiger partial charge in [-0.05, 0) is 35.9 Å². The zero-order chi connectivity index (χ0) is 24.3. The largest absolute Gasteiger partial charge is 0.439 e. The fourth-order valence-electron chi connectivity index (χ4n) is 5.03. The Bertz CT molecular complexity index is 1680. The van der Waals surface area contributed by atoms with Gasteiger partial charge in [0.25, 0.3) is 0 Å². The van der Waals surface area contributed by atoms with Crippen LogP contribution in [0.25, 0.3) is 11.0 Å². The van der Waals surface area contributed by atoms with Gasteiger partial charge in [-0.25, -0.2) is 4.79 Å². The summed E-state index contributed by atoms with van der Waals surface area (Å²) in [6.07, 6.45) is 0. The normalized spacial score (nSPS) is 18.4. The molecule has 170 valence electrons. The molecule has 1 spiro atoms. The van der Waals surface area contributed by atoms with Gasteiger partial charge in [0.05, 0.1) is 11.9 Å². The van der Waals surface area contributed by atoms with Crippen molar-refractivity contribution in [3.63, 3.8) is 0 Å². The maximum Gasteiger partial charge on any atom is 0.345 e. The number of benzene rings is 3. The smallest absolute Gasteiger partial charge is 0.345 e. The molecule has 0 aliphatic carbocycles. The zero-order valence-corrected chi connectivity index (χ0v) is 18.9. The lowest BCUT2D eigenvalue weighted by Crippen LogP contribution is -2.48. The van der Waals surface area contributed by atoms with Crippen LogP contribution in [0.1, 0.15) is 16.7 Å². The molecule has 3 aromatic carbocycles. The van der Waals surface area contributed by atoms with Crippen LogP contribution < -0.4 is 21.0 Å². The molecule has 2 aliphatic heterocycles. The average Bonchev–Trinajstić information content (AvgIpc) is 3.09. The summed E-state index contributed by atoms with van der Waals surface area (Å²) in [5.41, 5.74) is 5.61. The predicted octanol–water partition coefficient (Wildman–Crippen LogP) is 4.37. The fraction of sp³-hybridized carbons (Fsp3) is 0.0741. The molecule has 2 N–H and O–H groups in total. The Kier molecular flexibility index (Phi) is 4.50. The van der Waals surface area contributed by atoms with Crippen molar-refractivity contribution in [2.24, 2.45) is 5.73 Å². The van der Waals surface area contributed by atoms with Gasteiger partial charge in [-0.3, -0.25) is 4.79 Å². The zero-order valence-electron chi connectivity index (χ0n) is 18.1. The van der Waals surface area contributed by atoms with E-state index in [-0.39, 0.29) is 34.9 Å². The Morgan fingerprint density at radius 1 is 1.00 bits per heavy atom. The van der Waals surface area contributed by atoms with Gasteiger partial charge >= 0.3 is 5.63 Å². The van der Waals surface area contributed by atoms with Crippen molar-refractivity contribution in [3.8, 4) is 11.8 Å². The van der Waals surface area contributed by atoms with Crippen molar-refractivity contribution in [1.29, 1.82) is 5.26 Å². The molecular formula is C27H16ClN3O4. The number of rotatable bonds is 2. The molecule has 0 radical (unpaired) electrons. The summed E-state index contributed by atoms with van der Waals surface area (Å²) in [5.74, 6) is -0.600. The number of hydrogen-bond acceptors (Lipinski definition) is 6. The lowest BCUT2D eigenvalue weighted by Gasteiger charge is -2.33. The van der Waals surface area contributed by atoms with Gasteiger partial charge in [-0.2, -0.15) is 5.26 Å². The number of nitriles is 1. The Hall–Kier alpha value is -4.54. The number of anilines is 1. The molecule has 0 saturated carbocycles. The number of nitrogens with two attached hydrogens (primary N) is 1. The number of halogens is 1. The van der Waals surface area contributed by atoms with Crippen LogP contribution in [0.4, 0.5) is 5.69 Å². The molecule has 4 aromatic rings. The van der Waals surface area contributed by atoms with Gasteiger partial charge in [0.2, 0.25) is 11.8 Å². The summed E-state index contributed by atoms with van der Waals surface area (Å²) in [6.45, 7) is 0.197. The van der Waals surface area contributed by atoms with Crippen molar-refractivity contribution in [2.45, 2.75) is 12.0 Å². The van der Waals surface area contributed by atoms with Crippen LogP contribution in [0.5, 0.6) is 5.75 Å². The standard InChI is InChI=1S/C27H16ClN3O4/c28-16-11-9-15(10-12-16)14-31-20-7-3-2-6-18(20)27(26(31)33)19(13-29)24(30)35-23-17-5-1-4-8-21(17)34-25(32)22(23)27/h1-12H,14,30H2. The lowest BCUT2D eigenvalue weighted by molar-refractivity contribution is -0.121. The van der Waals surface area contributed by atoms with Crippen molar-refractivity contribution in [3.05, 3.63) is 116 Å². The third-order valence-electron chi connectivity index (χ3n) is 6.50. The first-order valence-electron chi connectivity index (χ1n) is 10.8. The van der Waals surface area contributed by atoms with Crippen LogP contribution in [-0.4, -0.2) is 5.91 Å². The van der Waals surface area contributed by atoms with Crippen molar-refractivity contribution in [1.82, 2.24) is 0 Å². The molecule has 35 heavy (non-hydrogen) atoms. The Labute approximate surface area is 204 Å². The lowest BCUT2D eigenvalue weighted by atomic mass is 9.69. The average molecular weight is 482 g/mol. The number of ether oxygens (including phenoxy) is 1. The minimum atomic E-state index is -1.81. The molecule has 1 aromatic heterocycles. The summed E-state index contributed by atoms with van der Waals surface area (Å²) in [5, 5.41) is 11.2. The Morgan fingerprint density at radius 3 is 2.49 bits per heavy atom. The highest BCUT2D eigenvalue weighted by atomic mass is 35.5. The molecule has 6 rings (SSSR count). The van der Waals surface area contributed by atoms with Crippen LogP contribution in [0, 0.1) is 11.3 Å². The first-order valence-corrected chi connectivity index (χ1v) is 11.1. The molecule has 1 unspecified atom stereocenters. The van der Waals surface area contributed by atoms with Crippen molar-refractivity contribution in [2.75, 3.05) is 4.90 Å². The molecule has 7 nitrogen and oxygen atoms in total. The molecule has 2 aliphatic rings. The first kappa shape index (κ1) is 21.0. The highest BCUT2D eigenvalue weighted by Gasteiger charge is 2.61. The Balaban J connectivity index is 1.68. The SMILES string of the molecule is N#CC1=C(N)Oc2c(c(=O)oc3ccccc23)C12C(=O)N(Cc1ccc(Cl)cc1)c1ccccc12. The van der Waals surface area contributed by atoms with E-state index in [4.69, 9.17) is 26.5 Å². The molecule has 0 bridgehead atoms. The van der Waals surface area contributed by atoms with E-state index in [1.165, 1.54) is 0 Å². The molecule has 1 atom stereocenters. The van der Waals surface area contributed by atoms with Gasteiger partial charge in [0.1, 0.15) is 22.8 Å². The third-order valence-corrected chi connectivity index (χ3v) is 6.76. The van der Waals surface area contributed by atoms with E-state index in [9.17, 15) is 14.9 Å². The number of carbonyl (C=O) groups excluding carboxylic acids is 1. The summed E-state index contributed by atoms with van der Waals surface area (Å²) >= 11 is 6.03. The number of para-hydroxylation sites is 2. The van der Waals surface area contributed by atoms with E-state index in [1.807, 2.05) is 18.2 Å². The maximum absolute atomic E-state index is 14.4. The van der Waals surface area contributed by atoms with Crippen LogP contribution in [0.2, 0.25) is 5.02 Å². The van der Waals surface area contributed by atoms with Crippen molar-refractivity contribution < 1.29 is 13.9 Å². The number of nitrogens with zero attached hydrogens (tertiary/aromatic N) is 2. The van der Waals surface area contributed by atoms with Crippen LogP contribution in [0.15, 0.2) is 93.5 Å². The number of amides is 1. The summed E-state index contributed by atoms with van der Waals surface area (Å²) in [4.78, 5) is 29.4. The second-order valence-electron chi connectivity index (χ2n) is 8.33. The van der Waals surface area contributed by atoms with Gasteiger partial charge in [-0.15, -0.1) is 0 Å². The first-order chi connectivity index (χ1) is 17.0. The van der Waals surface area contributed by atoms with E-state index in [1.54, 1.807) is 65.6 Å². The van der Waals surface area contributed by atoms with E-state index in [2.05, 4.69) is 0 Å². The number of fused-ring (bicyclic) bond motifs is 6. The second-order valence-corrected chi connectivity index (χ2v) is 8.76. The molecule has 3 heterocycles. The van der Waals surface area contributed by atoms with Gasteiger partial charge in [-0.1, -0.05) is 54.1 Å². The van der Waals surface area contributed by atoms with Crippen molar-refractivity contribution >= 4 is 34.2 Å². The molecule has 8 heteroatoms. The van der Waals surface area contributed by atoms with Gasteiger partial charge in [0.15, 0.2) is 11.2 Å². The summed E-state index contributed by atoms with van der Waals surface area (Å²) < 4.78 is 11.4. The second kappa shape index (κ2) is 7.49. The number of hydrogen-bond donors (Lipinski definition) is 1. The van der Waals surface area contributed by atoms with Gasteiger partial charge in [0, 0.05) is 16.3 Å². The van der Waals surface area contributed by atoms with E-state index in [0.29, 0.717) is 21.7 Å². The predicted molar refractivity (Wildman–Crippen MR) is 130 cm³/mol. The third kappa shape index (κ3) is 2.78. The topological polar surface area (TPSA) is 110 Å². The highest BCUT2D eigenvalue weighted by molar-refractivity contribution is 6.30. The highest BCUT2D eigenvalue weighted by Crippen LogP contribution is 2.55.